The van der Waals surface area contributed by atoms with E-state index in [1.165, 1.54) is 5.56 Å². The number of amides is 1. The summed E-state index contributed by atoms with van der Waals surface area (Å²) in [5.74, 6) is 2.62. The Kier molecular flexibility index (Phi) is 4.18. The van der Waals surface area contributed by atoms with Crippen LogP contribution in [0.2, 0.25) is 0 Å². The summed E-state index contributed by atoms with van der Waals surface area (Å²) in [5, 5.41) is 7.09. The summed E-state index contributed by atoms with van der Waals surface area (Å²) >= 11 is 1.67. The van der Waals surface area contributed by atoms with Gasteiger partial charge in [-0.1, -0.05) is 5.92 Å². The summed E-state index contributed by atoms with van der Waals surface area (Å²) in [4.78, 5) is 14.0. The van der Waals surface area contributed by atoms with Gasteiger partial charge in [-0.3, -0.25) is 10.1 Å². The fourth-order valence-corrected chi connectivity index (χ4v) is 2.39. The number of hydrogen-bond donors (Lipinski definition) is 1. The molecule has 0 aromatic carbocycles. The van der Waals surface area contributed by atoms with Gasteiger partial charge in [0.05, 0.1) is 13.1 Å². The largest absolute Gasteiger partial charge is 0.334 e. The molecule has 0 atom stereocenters. The van der Waals surface area contributed by atoms with Crippen molar-refractivity contribution in [2.24, 2.45) is 0 Å². The van der Waals surface area contributed by atoms with Crippen molar-refractivity contribution in [1.29, 1.82) is 0 Å². The number of thiophene rings is 1. The van der Waals surface area contributed by atoms with Crippen molar-refractivity contribution >= 4 is 17.2 Å². The first-order chi connectivity index (χ1) is 8.31. The predicted octanol–water partition coefficient (Wildman–Crippen LogP) is 1.46. The zero-order chi connectivity index (χ0) is 12.1. The molecule has 0 spiro atoms. The molecule has 1 aromatic heterocycles. The molecule has 90 valence electrons. The molecular weight excluding hydrogens is 232 g/mol. The molecule has 0 unspecified atom stereocenters. The van der Waals surface area contributed by atoms with E-state index >= 15 is 0 Å². The zero-order valence-corrected chi connectivity index (χ0v) is 10.5. The predicted molar refractivity (Wildman–Crippen MR) is 69.6 cm³/mol. The molecule has 0 aliphatic heterocycles. The van der Waals surface area contributed by atoms with Crippen molar-refractivity contribution in [3.63, 3.8) is 0 Å². The van der Waals surface area contributed by atoms with E-state index in [-0.39, 0.29) is 5.91 Å². The monoisotopic (exact) mass is 248 g/mol. The standard InChI is InChI=1S/C13H16N2OS/c1-2-6-14-8-13(16)15(12-3-4-12)9-11-5-7-17-10-11/h1,5,7,10,12,14H,3-4,6,8-9H2. The van der Waals surface area contributed by atoms with E-state index in [9.17, 15) is 4.79 Å². The van der Waals surface area contributed by atoms with Crippen molar-refractivity contribution in [2.75, 3.05) is 13.1 Å². The van der Waals surface area contributed by atoms with Gasteiger partial charge < -0.3 is 4.90 Å². The van der Waals surface area contributed by atoms with Crippen LogP contribution < -0.4 is 5.32 Å². The molecule has 1 aromatic rings. The Balaban J connectivity index is 1.88. The highest BCUT2D eigenvalue weighted by Gasteiger charge is 2.32. The Bertz CT molecular complexity index is 404. The van der Waals surface area contributed by atoms with E-state index in [0.29, 0.717) is 19.1 Å². The molecule has 2 rings (SSSR count). The molecule has 0 radical (unpaired) electrons. The zero-order valence-electron chi connectivity index (χ0n) is 9.69. The Morgan fingerprint density at radius 1 is 1.65 bits per heavy atom. The Labute approximate surface area is 106 Å². The van der Waals surface area contributed by atoms with Crippen LogP contribution in [0.15, 0.2) is 16.8 Å². The van der Waals surface area contributed by atoms with Gasteiger partial charge in [0, 0.05) is 12.6 Å². The third kappa shape index (κ3) is 3.58. The van der Waals surface area contributed by atoms with Gasteiger partial charge in [-0.15, -0.1) is 6.42 Å². The van der Waals surface area contributed by atoms with E-state index in [4.69, 9.17) is 6.42 Å². The van der Waals surface area contributed by atoms with Crippen LogP contribution in [-0.4, -0.2) is 29.9 Å². The van der Waals surface area contributed by atoms with E-state index < -0.39 is 0 Å². The molecule has 3 nitrogen and oxygen atoms in total. The second-order valence-corrected chi connectivity index (χ2v) is 4.97. The molecular formula is C13H16N2OS. The molecule has 1 amide bonds. The lowest BCUT2D eigenvalue weighted by molar-refractivity contribution is -0.131. The number of rotatable bonds is 6. The van der Waals surface area contributed by atoms with Crippen LogP contribution in [0.3, 0.4) is 0 Å². The fourth-order valence-electron chi connectivity index (χ4n) is 1.73. The minimum Gasteiger partial charge on any atom is -0.334 e. The Hall–Kier alpha value is -1.31. The quantitative estimate of drug-likeness (QED) is 0.610. The van der Waals surface area contributed by atoms with Crippen LogP contribution in [0.4, 0.5) is 0 Å². The number of carbonyl (C=O) groups excluding carboxylic acids is 1. The number of carbonyl (C=O) groups is 1. The summed E-state index contributed by atoms with van der Waals surface area (Å²) in [6, 6.07) is 2.51. The smallest absolute Gasteiger partial charge is 0.237 e. The van der Waals surface area contributed by atoms with Crippen molar-refractivity contribution in [1.82, 2.24) is 10.2 Å². The molecule has 1 aliphatic carbocycles. The van der Waals surface area contributed by atoms with Gasteiger partial charge in [-0.2, -0.15) is 11.3 Å². The third-order valence-electron chi connectivity index (χ3n) is 2.74. The molecule has 1 aliphatic rings. The first kappa shape index (κ1) is 12.2. The highest BCUT2D eigenvalue weighted by Crippen LogP contribution is 2.28. The minimum atomic E-state index is 0.147. The number of nitrogens with zero attached hydrogens (tertiary/aromatic N) is 1. The Morgan fingerprint density at radius 3 is 3.06 bits per heavy atom. The van der Waals surface area contributed by atoms with Gasteiger partial charge >= 0.3 is 0 Å². The minimum absolute atomic E-state index is 0.147. The van der Waals surface area contributed by atoms with Crippen LogP contribution in [0, 0.1) is 12.3 Å². The highest BCUT2D eigenvalue weighted by atomic mass is 32.1. The van der Waals surface area contributed by atoms with Crippen LogP contribution >= 0.6 is 11.3 Å². The average Bonchev–Trinajstić information content (AvgIpc) is 3.03. The van der Waals surface area contributed by atoms with E-state index in [2.05, 4.69) is 22.7 Å². The van der Waals surface area contributed by atoms with Crippen molar-refractivity contribution in [2.45, 2.75) is 25.4 Å². The number of terminal acetylenes is 1. The van der Waals surface area contributed by atoms with Crippen LogP contribution in [0.25, 0.3) is 0 Å². The average molecular weight is 248 g/mol. The second-order valence-electron chi connectivity index (χ2n) is 4.19. The molecule has 1 N–H and O–H groups in total. The molecule has 1 saturated carbocycles. The van der Waals surface area contributed by atoms with Crippen molar-refractivity contribution in [3.05, 3.63) is 22.4 Å². The highest BCUT2D eigenvalue weighted by molar-refractivity contribution is 7.07. The van der Waals surface area contributed by atoms with Gasteiger partial charge in [-0.25, -0.2) is 0 Å². The molecule has 1 heterocycles. The lowest BCUT2D eigenvalue weighted by Gasteiger charge is -2.22. The topological polar surface area (TPSA) is 32.3 Å². The van der Waals surface area contributed by atoms with Gasteiger partial charge in [0.25, 0.3) is 0 Å². The summed E-state index contributed by atoms with van der Waals surface area (Å²) < 4.78 is 0. The van der Waals surface area contributed by atoms with Gasteiger partial charge in [0.2, 0.25) is 5.91 Å². The van der Waals surface area contributed by atoms with Gasteiger partial charge in [0.1, 0.15) is 0 Å². The maximum atomic E-state index is 12.0. The van der Waals surface area contributed by atoms with Crippen molar-refractivity contribution < 1.29 is 4.79 Å². The first-order valence-electron chi connectivity index (χ1n) is 5.76. The molecule has 4 heteroatoms. The number of hydrogen-bond acceptors (Lipinski definition) is 3. The first-order valence-corrected chi connectivity index (χ1v) is 6.70. The third-order valence-corrected chi connectivity index (χ3v) is 3.48. The maximum absolute atomic E-state index is 12.0. The van der Waals surface area contributed by atoms with Crippen LogP contribution in [0.1, 0.15) is 18.4 Å². The summed E-state index contributed by atoms with van der Waals surface area (Å²) in [7, 11) is 0. The van der Waals surface area contributed by atoms with E-state index in [0.717, 1.165) is 19.4 Å². The molecule has 1 fully saturated rings. The van der Waals surface area contributed by atoms with Crippen LogP contribution in [-0.2, 0) is 11.3 Å². The van der Waals surface area contributed by atoms with E-state index in [1.54, 1.807) is 11.3 Å². The molecule has 0 bridgehead atoms. The van der Waals surface area contributed by atoms with E-state index in [1.807, 2.05) is 10.3 Å². The van der Waals surface area contributed by atoms with Gasteiger partial charge in [0.15, 0.2) is 0 Å². The number of nitrogens with one attached hydrogen (secondary N) is 1. The summed E-state index contributed by atoms with van der Waals surface area (Å²) in [6.07, 6.45) is 7.40. The van der Waals surface area contributed by atoms with Crippen molar-refractivity contribution in [3.8, 4) is 12.3 Å². The van der Waals surface area contributed by atoms with Gasteiger partial charge in [-0.05, 0) is 35.2 Å². The summed E-state index contributed by atoms with van der Waals surface area (Å²) in [5.41, 5.74) is 1.21. The molecule has 0 saturated heterocycles. The SMILES string of the molecule is C#CCNCC(=O)N(Cc1ccsc1)C1CC1. The maximum Gasteiger partial charge on any atom is 0.237 e. The molecule has 17 heavy (non-hydrogen) atoms. The normalized spacial score (nSPS) is 14.3. The lowest BCUT2D eigenvalue weighted by atomic mass is 10.3. The lowest BCUT2D eigenvalue weighted by Crippen LogP contribution is -2.39. The fraction of sp³-hybridized carbons (Fsp3) is 0.462. The Morgan fingerprint density at radius 2 is 2.47 bits per heavy atom. The van der Waals surface area contributed by atoms with Crippen LogP contribution in [0.5, 0.6) is 0 Å². The second kappa shape index (κ2) is 5.85. The summed E-state index contributed by atoms with van der Waals surface area (Å²) in [6.45, 7) is 1.51.